The quantitative estimate of drug-likeness (QED) is 0.903. The topological polar surface area (TPSA) is 83.9 Å². The van der Waals surface area contributed by atoms with Crippen molar-refractivity contribution in [1.82, 2.24) is 4.31 Å². The van der Waals surface area contributed by atoms with E-state index in [0.717, 1.165) is 9.87 Å². The third kappa shape index (κ3) is 2.95. The van der Waals surface area contributed by atoms with Gasteiger partial charge in [-0.25, -0.2) is 8.42 Å². The summed E-state index contributed by atoms with van der Waals surface area (Å²) >= 11 is 0. The zero-order valence-electron chi connectivity index (χ0n) is 12.3. The van der Waals surface area contributed by atoms with Crippen LogP contribution in [-0.2, 0) is 19.6 Å². The van der Waals surface area contributed by atoms with Gasteiger partial charge in [0.25, 0.3) is 0 Å². The van der Waals surface area contributed by atoms with Gasteiger partial charge in [0.1, 0.15) is 6.04 Å². The van der Waals surface area contributed by atoms with Gasteiger partial charge < -0.3 is 9.84 Å². The molecule has 0 radical (unpaired) electrons. The maximum absolute atomic E-state index is 12.9. The fourth-order valence-corrected chi connectivity index (χ4v) is 4.73. The Bertz CT molecular complexity index is 645. The van der Waals surface area contributed by atoms with E-state index in [1.54, 1.807) is 26.0 Å². The lowest BCUT2D eigenvalue weighted by Gasteiger charge is -2.32. The Morgan fingerprint density at radius 1 is 1.29 bits per heavy atom. The summed E-state index contributed by atoms with van der Waals surface area (Å²) in [5, 5.41) is 9.22. The maximum atomic E-state index is 12.9. The van der Waals surface area contributed by atoms with E-state index in [-0.39, 0.29) is 24.7 Å². The molecule has 0 aliphatic carbocycles. The first-order valence-corrected chi connectivity index (χ1v) is 8.09. The van der Waals surface area contributed by atoms with Crippen molar-refractivity contribution in [3.63, 3.8) is 0 Å². The molecule has 1 fully saturated rings. The number of sulfonamides is 1. The molecule has 116 valence electrons. The molecule has 1 saturated heterocycles. The SMILES string of the molecule is Cc1cc(C)c(S(=O)(=O)N2CCOCC2C(=O)O)c(C)c1. The second-order valence-corrected chi connectivity index (χ2v) is 7.10. The number of hydrogen-bond donors (Lipinski definition) is 1. The Morgan fingerprint density at radius 2 is 1.86 bits per heavy atom. The van der Waals surface area contributed by atoms with Crippen molar-refractivity contribution < 1.29 is 23.1 Å². The predicted octanol–water partition coefficient (Wildman–Crippen LogP) is 1.09. The van der Waals surface area contributed by atoms with Gasteiger partial charge >= 0.3 is 5.97 Å². The molecular weight excluding hydrogens is 294 g/mol. The largest absolute Gasteiger partial charge is 0.480 e. The Balaban J connectivity index is 2.53. The number of carboxylic acid groups (broad SMARTS) is 1. The molecule has 0 spiro atoms. The lowest BCUT2D eigenvalue weighted by molar-refractivity contribution is -0.146. The molecular formula is C14H19NO5S. The zero-order chi connectivity index (χ0) is 15.8. The molecule has 7 heteroatoms. The predicted molar refractivity (Wildman–Crippen MR) is 76.8 cm³/mol. The molecule has 1 unspecified atom stereocenters. The average molecular weight is 313 g/mol. The summed E-state index contributed by atoms with van der Waals surface area (Å²) in [6.07, 6.45) is 0. The molecule has 1 N–H and O–H groups in total. The van der Waals surface area contributed by atoms with Gasteiger partial charge in [0.2, 0.25) is 10.0 Å². The standard InChI is InChI=1S/C14H19NO5S/c1-9-6-10(2)13(11(3)7-9)21(18,19)15-4-5-20-8-12(15)14(16)17/h6-7,12H,4-5,8H2,1-3H3,(H,16,17). The van der Waals surface area contributed by atoms with Crippen molar-refractivity contribution in [1.29, 1.82) is 0 Å². The van der Waals surface area contributed by atoms with E-state index in [2.05, 4.69) is 0 Å². The van der Waals surface area contributed by atoms with Crippen molar-refractivity contribution in [2.45, 2.75) is 31.7 Å². The minimum atomic E-state index is -3.86. The molecule has 1 aromatic rings. The van der Waals surface area contributed by atoms with Gasteiger partial charge in [-0.15, -0.1) is 0 Å². The van der Waals surface area contributed by atoms with Crippen LogP contribution in [0.4, 0.5) is 0 Å². The van der Waals surface area contributed by atoms with Gasteiger partial charge in [0.15, 0.2) is 0 Å². The first-order chi connectivity index (χ1) is 9.75. The highest BCUT2D eigenvalue weighted by Crippen LogP contribution is 2.27. The molecule has 0 amide bonds. The van der Waals surface area contributed by atoms with E-state index in [4.69, 9.17) is 4.74 Å². The molecule has 6 nitrogen and oxygen atoms in total. The first kappa shape index (κ1) is 15.9. The maximum Gasteiger partial charge on any atom is 0.324 e. The minimum absolute atomic E-state index is 0.0477. The highest BCUT2D eigenvalue weighted by atomic mass is 32.2. The summed E-state index contributed by atoms with van der Waals surface area (Å²) < 4.78 is 31.9. The fourth-order valence-electron chi connectivity index (χ4n) is 2.76. The lowest BCUT2D eigenvalue weighted by atomic mass is 10.1. The van der Waals surface area contributed by atoms with Crippen LogP contribution in [-0.4, -0.2) is 49.6 Å². The second kappa shape index (κ2) is 5.75. The molecule has 1 aromatic carbocycles. The molecule has 1 aliphatic rings. The Kier molecular flexibility index (Phi) is 4.36. The second-order valence-electron chi connectivity index (χ2n) is 5.27. The number of benzene rings is 1. The average Bonchev–Trinajstić information content (AvgIpc) is 2.37. The van der Waals surface area contributed by atoms with E-state index in [1.165, 1.54) is 0 Å². The van der Waals surface area contributed by atoms with Crippen LogP contribution < -0.4 is 0 Å². The van der Waals surface area contributed by atoms with Crippen molar-refractivity contribution in [3.05, 3.63) is 28.8 Å². The number of morpholine rings is 1. The Hall–Kier alpha value is -1.44. The Morgan fingerprint density at radius 3 is 2.38 bits per heavy atom. The number of rotatable bonds is 3. The van der Waals surface area contributed by atoms with E-state index in [9.17, 15) is 18.3 Å². The van der Waals surface area contributed by atoms with Crippen molar-refractivity contribution in [3.8, 4) is 0 Å². The van der Waals surface area contributed by atoms with Gasteiger partial charge in [-0.05, 0) is 31.9 Å². The van der Waals surface area contributed by atoms with Gasteiger partial charge in [-0.2, -0.15) is 4.31 Å². The number of carbonyl (C=O) groups is 1. The molecule has 21 heavy (non-hydrogen) atoms. The van der Waals surface area contributed by atoms with Crippen LogP contribution in [0.3, 0.4) is 0 Å². The van der Waals surface area contributed by atoms with Gasteiger partial charge in [-0.1, -0.05) is 17.7 Å². The molecule has 2 rings (SSSR count). The van der Waals surface area contributed by atoms with Gasteiger partial charge in [0.05, 0.1) is 18.1 Å². The molecule has 0 aromatic heterocycles. The highest BCUT2D eigenvalue weighted by Gasteiger charge is 2.39. The van der Waals surface area contributed by atoms with Crippen LogP contribution in [0, 0.1) is 20.8 Å². The fraction of sp³-hybridized carbons (Fsp3) is 0.500. The van der Waals surface area contributed by atoms with E-state index < -0.39 is 22.0 Å². The molecule has 1 aliphatic heterocycles. The third-order valence-corrected chi connectivity index (χ3v) is 5.75. The number of aryl methyl sites for hydroxylation is 3. The van der Waals surface area contributed by atoms with Crippen molar-refractivity contribution in [2.24, 2.45) is 0 Å². The third-order valence-electron chi connectivity index (χ3n) is 3.54. The monoisotopic (exact) mass is 313 g/mol. The summed E-state index contributed by atoms with van der Waals surface area (Å²) in [5.74, 6) is -1.19. The zero-order valence-corrected chi connectivity index (χ0v) is 13.1. The summed E-state index contributed by atoms with van der Waals surface area (Å²) in [5.41, 5.74) is 2.23. The van der Waals surface area contributed by atoms with E-state index >= 15 is 0 Å². The smallest absolute Gasteiger partial charge is 0.324 e. The van der Waals surface area contributed by atoms with Crippen LogP contribution in [0.25, 0.3) is 0 Å². The van der Waals surface area contributed by atoms with Crippen LogP contribution >= 0.6 is 0 Å². The highest BCUT2D eigenvalue weighted by molar-refractivity contribution is 7.89. The number of nitrogens with zero attached hydrogens (tertiary/aromatic N) is 1. The summed E-state index contributed by atoms with van der Waals surface area (Å²) in [6, 6.07) is 2.40. The van der Waals surface area contributed by atoms with Crippen LogP contribution in [0.1, 0.15) is 16.7 Å². The molecule has 0 saturated carbocycles. The molecule has 1 heterocycles. The lowest BCUT2D eigenvalue weighted by Crippen LogP contribution is -2.52. The van der Waals surface area contributed by atoms with Crippen LogP contribution in [0.2, 0.25) is 0 Å². The summed E-state index contributed by atoms with van der Waals surface area (Å²) in [6.45, 7) is 5.47. The Labute approximate surface area is 124 Å². The van der Waals surface area contributed by atoms with Crippen LogP contribution in [0.15, 0.2) is 17.0 Å². The van der Waals surface area contributed by atoms with Gasteiger partial charge in [-0.3, -0.25) is 4.79 Å². The normalized spacial score (nSPS) is 20.4. The molecule has 1 atom stereocenters. The summed E-state index contributed by atoms with van der Waals surface area (Å²) in [7, 11) is -3.86. The summed E-state index contributed by atoms with van der Waals surface area (Å²) in [4.78, 5) is 11.5. The van der Waals surface area contributed by atoms with Crippen LogP contribution in [0.5, 0.6) is 0 Å². The van der Waals surface area contributed by atoms with E-state index in [0.29, 0.717) is 11.1 Å². The number of hydrogen-bond acceptors (Lipinski definition) is 4. The number of carboxylic acids is 1. The number of aliphatic carboxylic acids is 1. The van der Waals surface area contributed by atoms with Crippen molar-refractivity contribution in [2.75, 3.05) is 19.8 Å². The molecule has 0 bridgehead atoms. The minimum Gasteiger partial charge on any atom is -0.480 e. The first-order valence-electron chi connectivity index (χ1n) is 6.65. The van der Waals surface area contributed by atoms with Gasteiger partial charge in [0, 0.05) is 6.54 Å². The van der Waals surface area contributed by atoms with Crippen molar-refractivity contribution >= 4 is 16.0 Å². The van der Waals surface area contributed by atoms with E-state index in [1.807, 2.05) is 6.92 Å². The number of ether oxygens (including phenoxy) is 1.